The minimum absolute atomic E-state index is 0. The SMILES string of the molecule is CN(C[C@](CCCN1CCC2(CC1)c1ccccc1CS2=O)(c1ccc(Cl)c(Cl)c1)N(C)C(=O)Oc1ccc(F)c(F)c1)C(=O)CC(F)(F)F.CN(C[C@](CCCN1CCC2(CC1)c1ccccc1CS2=O)(c1ccc(Cl)c(Cl)c1)N(C)C(=O)Oc1ccc(F)c(F)c1)C(=O)CC(F)(F)F.Cl.Cl.S.S. The molecule has 6 aromatic carbocycles. The second kappa shape index (κ2) is 37.2. The van der Waals surface area contributed by atoms with Gasteiger partial charge in [-0.05, 0) is 173 Å². The number of hydrogen-bond acceptors (Lipinski definition) is 10. The van der Waals surface area contributed by atoms with E-state index in [1.165, 1.54) is 52.5 Å². The van der Waals surface area contributed by atoms with E-state index in [0.717, 1.165) is 66.1 Å². The Balaban J connectivity index is 0.000000360. The lowest BCUT2D eigenvalue weighted by Crippen LogP contribution is -2.55. The standard InChI is InChI=1S/2C35H36Cl2F5N3O4S.2ClH.2H2S/c2*1-43(31(46)20-35(40,41)42)22-33(24-8-10-27(36)28(37)18-24,44(2)32(47)49-25-9-11-29(38)30(39)19-25)12-5-15-45-16-13-34(14-17-45)26-7-4-3-6-23(26)21-50(34)48;;;;/h2*3-4,6-11,18-19H,5,12-17,20-22H2,1-2H3;2*1H;2*1H2/t2*33-,50?;;;;/m11..../s1. The minimum atomic E-state index is -4.77. The van der Waals surface area contributed by atoms with Crippen molar-refractivity contribution < 1.29 is 81.0 Å². The van der Waals surface area contributed by atoms with E-state index in [1.807, 2.05) is 48.5 Å². The number of rotatable bonds is 20. The van der Waals surface area contributed by atoms with Crippen LogP contribution in [0.5, 0.6) is 11.5 Å². The first-order valence-electron chi connectivity index (χ1n) is 31.8. The van der Waals surface area contributed by atoms with Crippen molar-refractivity contribution in [2.45, 2.75) is 109 Å². The van der Waals surface area contributed by atoms with Gasteiger partial charge < -0.3 is 29.1 Å². The van der Waals surface area contributed by atoms with Gasteiger partial charge in [0.1, 0.15) is 24.3 Å². The van der Waals surface area contributed by atoms with Crippen LogP contribution < -0.4 is 9.47 Å². The molecule has 0 aliphatic carbocycles. The fraction of sp³-hybridized carbons (Fsp3) is 0.429. The molecular formula is C70H78Cl6F10N6O8S4. The molecule has 4 atom stereocenters. The van der Waals surface area contributed by atoms with Crippen molar-refractivity contribution in [2.75, 3.05) is 80.5 Å². The molecule has 2 fully saturated rings. The largest absolute Gasteiger partial charge is 0.415 e. The quantitative estimate of drug-likeness (QED) is 0.0679. The van der Waals surface area contributed by atoms with Crippen LogP contribution in [0.3, 0.4) is 0 Å². The van der Waals surface area contributed by atoms with Gasteiger partial charge in [0.25, 0.3) is 0 Å². The molecule has 0 N–H and O–H groups in total. The number of amides is 4. The number of fused-ring (bicyclic) bond motifs is 4. The lowest BCUT2D eigenvalue weighted by atomic mass is 9.82. The maximum absolute atomic E-state index is 14.0. The predicted molar refractivity (Wildman–Crippen MR) is 398 cm³/mol. The van der Waals surface area contributed by atoms with Gasteiger partial charge >= 0.3 is 24.5 Å². The van der Waals surface area contributed by atoms with Gasteiger partial charge in [-0.25, -0.2) is 27.2 Å². The zero-order valence-electron chi connectivity index (χ0n) is 56.6. The smallest absolute Gasteiger partial charge is 0.410 e. The number of hydrogen-bond donors (Lipinski definition) is 0. The molecule has 4 amide bonds. The Morgan fingerprint density at radius 2 is 0.817 bits per heavy atom. The Kier molecular flexibility index (Phi) is 32.0. The third-order valence-corrected chi connectivity index (χ3v) is 25.0. The number of nitrogens with zero attached hydrogens (tertiary/aromatic N) is 6. The number of likely N-dealkylation sites (N-methyl/N-ethyl adjacent to an activating group) is 4. The zero-order chi connectivity index (χ0) is 72.9. The Labute approximate surface area is 648 Å². The molecule has 0 aromatic heterocycles. The number of likely N-dealkylation sites (tertiary alicyclic amines) is 2. The highest BCUT2D eigenvalue weighted by Gasteiger charge is 2.50. The maximum Gasteiger partial charge on any atom is 0.415 e. The van der Waals surface area contributed by atoms with Crippen molar-refractivity contribution in [1.29, 1.82) is 0 Å². The highest BCUT2D eigenvalue weighted by Crippen LogP contribution is 2.49. The number of benzene rings is 6. The van der Waals surface area contributed by atoms with Gasteiger partial charge in [0, 0.05) is 86.5 Å². The summed E-state index contributed by atoms with van der Waals surface area (Å²) in [7, 11) is 3.02. The Morgan fingerprint density at radius 3 is 1.13 bits per heavy atom. The van der Waals surface area contributed by atoms with E-state index in [4.69, 9.17) is 55.9 Å². The average Bonchev–Trinajstić information content (AvgIpc) is 1.69. The summed E-state index contributed by atoms with van der Waals surface area (Å²) in [6.45, 7) is 2.83. The van der Waals surface area contributed by atoms with Gasteiger partial charge in [-0.3, -0.25) is 27.8 Å². The molecule has 2 unspecified atom stereocenters. The van der Waals surface area contributed by atoms with Crippen molar-refractivity contribution >= 4 is 144 Å². The first-order valence-corrected chi connectivity index (χ1v) is 36.0. The van der Waals surface area contributed by atoms with E-state index in [2.05, 4.69) is 9.80 Å². The molecule has 14 nitrogen and oxygen atoms in total. The second-order valence-corrected chi connectivity index (χ2v) is 30.7. The first kappa shape index (κ1) is 89.4. The van der Waals surface area contributed by atoms with E-state index < -0.39 is 128 Å². The number of piperidine rings is 2. The van der Waals surface area contributed by atoms with E-state index in [9.17, 15) is 71.5 Å². The van der Waals surface area contributed by atoms with Gasteiger partial charge in [0.2, 0.25) is 11.8 Å². The van der Waals surface area contributed by atoms with E-state index in [-0.39, 0.29) is 96.2 Å². The predicted octanol–water partition coefficient (Wildman–Crippen LogP) is 17.2. The number of halogens is 16. The summed E-state index contributed by atoms with van der Waals surface area (Å²) >= 11 is 25.2. The van der Waals surface area contributed by atoms with E-state index in [1.54, 1.807) is 12.1 Å². The molecule has 572 valence electrons. The van der Waals surface area contributed by atoms with E-state index >= 15 is 0 Å². The zero-order valence-corrected chi connectivity index (χ0v) is 64.9. The van der Waals surface area contributed by atoms with Gasteiger partial charge in [0.15, 0.2) is 23.3 Å². The van der Waals surface area contributed by atoms with Crippen LogP contribution in [-0.2, 0) is 63.3 Å². The normalized spacial score (nSPS) is 17.7. The van der Waals surface area contributed by atoms with Crippen LogP contribution in [0.25, 0.3) is 0 Å². The molecule has 4 heterocycles. The van der Waals surface area contributed by atoms with Gasteiger partial charge in [-0.2, -0.15) is 53.3 Å². The number of alkyl halides is 6. The number of ether oxygens (including phenoxy) is 2. The molecule has 4 aliphatic rings. The highest BCUT2D eigenvalue weighted by molar-refractivity contribution is 7.85. The lowest BCUT2D eigenvalue weighted by molar-refractivity contribution is -0.163. The van der Waals surface area contributed by atoms with Crippen LogP contribution >= 0.6 is 98.2 Å². The summed E-state index contributed by atoms with van der Waals surface area (Å²) in [6.07, 6.45) is -11.3. The van der Waals surface area contributed by atoms with E-state index in [0.29, 0.717) is 113 Å². The van der Waals surface area contributed by atoms with Crippen LogP contribution in [-0.4, -0.2) is 155 Å². The number of carbonyl (C=O) groups is 4. The number of carbonyl (C=O) groups excluding carboxylic acids is 4. The topological polar surface area (TPSA) is 140 Å². The van der Waals surface area contributed by atoms with Gasteiger partial charge in [-0.15, -0.1) is 24.8 Å². The molecule has 0 radical (unpaired) electrons. The molecular weight excluding hydrogens is 1580 g/mol. The van der Waals surface area contributed by atoms with Crippen molar-refractivity contribution in [3.63, 3.8) is 0 Å². The monoisotopic (exact) mass is 1660 g/mol. The highest BCUT2D eigenvalue weighted by atomic mass is 35.5. The molecule has 2 saturated heterocycles. The molecule has 2 spiro atoms. The average molecular weight is 1660 g/mol. The van der Waals surface area contributed by atoms with Crippen molar-refractivity contribution in [2.24, 2.45) is 0 Å². The molecule has 104 heavy (non-hydrogen) atoms. The summed E-state index contributed by atoms with van der Waals surface area (Å²) in [6, 6.07) is 30.1. The molecule has 10 rings (SSSR count). The van der Waals surface area contributed by atoms with Crippen LogP contribution in [0.2, 0.25) is 20.1 Å². The Hall–Kier alpha value is -5.24. The Bertz CT molecular complexity index is 3820. The summed E-state index contributed by atoms with van der Waals surface area (Å²) in [5.41, 5.74) is 2.14. The summed E-state index contributed by atoms with van der Waals surface area (Å²) in [5.74, 6) is -6.83. The summed E-state index contributed by atoms with van der Waals surface area (Å²) < 4.78 is 171. The summed E-state index contributed by atoms with van der Waals surface area (Å²) in [5, 5.41) is 0.578. The van der Waals surface area contributed by atoms with Crippen LogP contribution in [0, 0.1) is 23.3 Å². The third kappa shape index (κ3) is 20.8. The van der Waals surface area contributed by atoms with Crippen LogP contribution in [0.1, 0.15) is 97.6 Å². The van der Waals surface area contributed by atoms with Crippen LogP contribution in [0.15, 0.2) is 121 Å². The first-order chi connectivity index (χ1) is 47.1. The second-order valence-electron chi connectivity index (χ2n) is 25.6. The molecule has 34 heteroatoms. The maximum atomic E-state index is 14.0. The fourth-order valence-electron chi connectivity index (χ4n) is 13.9. The van der Waals surface area contributed by atoms with Gasteiger partial charge in [-0.1, -0.05) is 107 Å². The fourth-order valence-corrected chi connectivity index (χ4v) is 18.3. The molecule has 0 bridgehead atoms. The Morgan fingerprint density at radius 1 is 0.481 bits per heavy atom. The van der Waals surface area contributed by atoms with Crippen molar-refractivity contribution in [3.05, 3.63) is 198 Å². The molecule has 0 saturated carbocycles. The molecule has 4 aliphatic heterocycles. The third-order valence-electron chi connectivity index (χ3n) is 19.4. The minimum Gasteiger partial charge on any atom is -0.410 e. The van der Waals surface area contributed by atoms with Crippen LogP contribution in [0.4, 0.5) is 53.5 Å². The summed E-state index contributed by atoms with van der Waals surface area (Å²) in [4.78, 5) is 61.5. The lowest BCUT2D eigenvalue weighted by Gasteiger charge is -2.45. The van der Waals surface area contributed by atoms with Crippen molar-refractivity contribution in [3.8, 4) is 11.5 Å². The van der Waals surface area contributed by atoms with Gasteiger partial charge in [0.05, 0.1) is 40.7 Å². The molecule has 6 aromatic rings. The van der Waals surface area contributed by atoms with Crippen molar-refractivity contribution in [1.82, 2.24) is 29.4 Å².